The lowest BCUT2D eigenvalue weighted by Gasteiger charge is -2.61. The Morgan fingerprint density at radius 1 is 0.375 bits per heavy atom. The summed E-state index contributed by atoms with van der Waals surface area (Å²) in [5.74, 6) is 1.85. The lowest BCUT2D eigenvalue weighted by Crippen LogP contribution is -2.82. The smallest absolute Gasteiger partial charge is 0.293 e. The van der Waals surface area contributed by atoms with Gasteiger partial charge in [0.05, 0.1) is 0 Å². The van der Waals surface area contributed by atoms with Crippen LogP contribution in [0.1, 0.15) is 83.1 Å². The number of rotatable bonds is 6. The Kier molecular flexibility index (Phi) is 7.96. The van der Waals surface area contributed by atoms with E-state index in [1.165, 1.54) is 0 Å². The van der Waals surface area contributed by atoms with Crippen LogP contribution in [-0.2, 0) is 0 Å². The van der Waals surface area contributed by atoms with Crippen LogP contribution in [0.25, 0.3) is 0 Å². The van der Waals surface area contributed by atoms with Crippen LogP contribution in [0.5, 0.6) is 0 Å². The SMILES string of the molecule is CC(C)B1N(C(C)C)B(C(C)C)N(C(C)C)B(C(C)C)N1C(C)C. The van der Waals surface area contributed by atoms with Gasteiger partial charge in [-0.25, -0.2) is 0 Å². The Morgan fingerprint density at radius 3 is 0.625 bits per heavy atom. The highest BCUT2D eigenvalue weighted by Crippen LogP contribution is 2.37. The van der Waals surface area contributed by atoms with E-state index in [4.69, 9.17) is 0 Å². The van der Waals surface area contributed by atoms with E-state index in [0.29, 0.717) is 56.5 Å². The Bertz CT molecular complexity index is 281. The standard InChI is InChI=1S/C18H42B3N3/c1-13(2)19-22(16(7)8)20(14(3)4)24(18(11)12)21(15(5)6)23(19)17(9)10/h13-18H,1-12H3. The molecule has 0 N–H and O–H groups in total. The average molecular weight is 333 g/mol. The van der Waals surface area contributed by atoms with Gasteiger partial charge >= 0.3 is 0 Å². The second kappa shape index (κ2) is 8.64. The first kappa shape index (κ1) is 22.1. The van der Waals surface area contributed by atoms with Crippen LogP contribution in [0, 0.1) is 0 Å². The van der Waals surface area contributed by atoms with E-state index in [2.05, 4.69) is 97.3 Å². The van der Waals surface area contributed by atoms with Gasteiger partial charge in [-0.2, -0.15) is 0 Å². The van der Waals surface area contributed by atoms with Gasteiger partial charge in [0.25, 0.3) is 20.9 Å². The van der Waals surface area contributed by atoms with Gasteiger partial charge in [0.15, 0.2) is 0 Å². The molecule has 0 aromatic carbocycles. The topological polar surface area (TPSA) is 9.72 Å². The van der Waals surface area contributed by atoms with Crippen molar-refractivity contribution in [2.45, 2.75) is 119 Å². The van der Waals surface area contributed by atoms with Crippen LogP contribution in [-0.4, -0.2) is 53.2 Å². The minimum Gasteiger partial charge on any atom is -0.354 e. The fourth-order valence-electron chi connectivity index (χ4n) is 4.83. The Labute approximate surface area is 154 Å². The van der Waals surface area contributed by atoms with Crippen molar-refractivity contribution in [3.05, 3.63) is 0 Å². The van der Waals surface area contributed by atoms with Crippen LogP contribution in [0.15, 0.2) is 0 Å². The molecule has 0 saturated carbocycles. The predicted molar refractivity (Wildman–Crippen MR) is 113 cm³/mol. The average Bonchev–Trinajstić information content (AvgIpc) is 2.42. The number of hydrogen-bond acceptors (Lipinski definition) is 3. The zero-order chi connectivity index (χ0) is 18.9. The molecule has 1 rings (SSSR count). The largest absolute Gasteiger partial charge is 0.354 e. The van der Waals surface area contributed by atoms with Crippen molar-refractivity contribution < 1.29 is 0 Å². The van der Waals surface area contributed by atoms with Gasteiger partial charge in [-0.15, -0.1) is 0 Å². The molecule has 24 heavy (non-hydrogen) atoms. The second-order valence-electron chi connectivity index (χ2n) is 9.60. The molecular weight excluding hydrogens is 291 g/mol. The quantitative estimate of drug-likeness (QED) is 0.645. The van der Waals surface area contributed by atoms with Gasteiger partial charge in [0.1, 0.15) is 0 Å². The van der Waals surface area contributed by atoms with Gasteiger partial charge in [-0.05, 0) is 35.6 Å². The highest BCUT2D eigenvalue weighted by atomic mass is 15.3. The Balaban J connectivity index is 3.58. The molecule has 0 aliphatic carbocycles. The normalized spacial score (nSPS) is 19.5. The van der Waals surface area contributed by atoms with Gasteiger partial charge < -0.3 is 14.2 Å². The molecule has 0 spiro atoms. The van der Waals surface area contributed by atoms with Gasteiger partial charge in [-0.1, -0.05) is 83.1 Å². The van der Waals surface area contributed by atoms with Crippen molar-refractivity contribution >= 4 is 20.9 Å². The van der Waals surface area contributed by atoms with Crippen LogP contribution < -0.4 is 0 Å². The van der Waals surface area contributed by atoms with Crippen LogP contribution in [0.4, 0.5) is 0 Å². The lowest BCUT2D eigenvalue weighted by molar-refractivity contribution is 0.326. The molecule has 0 atom stereocenters. The number of hydrogen-bond donors (Lipinski definition) is 0. The highest BCUT2D eigenvalue weighted by molar-refractivity contribution is 6.87. The molecule has 0 radical (unpaired) electrons. The Hall–Kier alpha value is 0.0748. The van der Waals surface area contributed by atoms with Gasteiger partial charge in [0, 0.05) is 0 Å². The van der Waals surface area contributed by atoms with Gasteiger partial charge in [-0.3, -0.25) is 0 Å². The van der Waals surface area contributed by atoms with Crippen molar-refractivity contribution in [2.75, 3.05) is 0 Å². The summed E-state index contributed by atoms with van der Waals surface area (Å²) >= 11 is 0. The van der Waals surface area contributed by atoms with E-state index in [1.54, 1.807) is 0 Å². The van der Waals surface area contributed by atoms with E-state index >= 15 is 0 Å². The summed E-state index contributed by atoms with van der Waals surface area (Å²) in [4.78, 5) is 0. The van der Waals surface area contributed by atoms with Crippen molar-refractivity contribution in [1.29, 1.82) is 0 Å². The molecule has 0 aromatic rings. The zero-order valence-corrected chi connectivity index (χ0v) is 18.5. The van der Waals surface area contributed by atoms with Gasteiger partial charge in [0.2, 0.25) is 0 Å². The molecule has 6 heteroatoms. The summed E-state index contributed by atoms with van der Waals surface area (Å²) in [5.41, 5.74) is 0. The third-order valence-electron chi connectivity index (χ3n) is 5.41. The van der Waals surface area contributed by atoms with E-state index in [1.807, 2.05) is 0 Å². The molecule has 1 heterocycles. The summed E-state index contributed by atoms with van der Waals surface area (Å²) in [6, 6.07) is 1.63. The minimum atomic E-state index is 0.500. The highest BCUT2D eigenvalue weighted by Gasteiger charge is 2.56. The third-order valence-corrected chi connectivity index (χ3v) is 5.41. The molecule has 1 fully saturated rings. The molecule has 1 aliphatic rings. The van der Waals surface area contributed by atoms with Crippen LogP contribution >= 0.6 is 0 Å². The molecule has 138 valence electrons. The molecule has 0 bridgehead atoms. The maximum Gasteiger partial charge on any atom is 0.293 e. The maximum atomic E-state index is 2.80. The first-order valence-electron chi connectivity index (χ1n) is 10.3. The minimum absolute atomic E-state index is 0.500. The fourth-order valence-corrected chi connectivity index (χ4v) is 4.83. The predicted octanol–water partition coefficient (Wildman–Crippen LogP) is 4.83. The molecule has 0 unspecified atom stereocenters. The summed E-state index contributed by atoms with van der Waals surface area (Å²) in [7, 11) is 0. The van der Waals surface area contributed by atoms with E-state index < -0.39 is 0 Å². The van der Waals surface area contributed by atoms with E-state index in [-0.39, 0.29) is 0 Å². The Morgan fingerprint density at radius 2 is 0.542 bits per heavy atom. The summed E-state index contributed by atoms with van der Waals surface area (Å²) in [6.45, 7) is 30.1. The summed E-state index contributed by atoms with van der Waals surface area (Å²) in [6.07, 6.45) is 0. The van der Waals surface area contributed by atoms with E-state index in [9.17, 15) is 0 Å². The number of nitrogens with zero attached hydrogens (tertiary/aromatic N) is 3. The van der Waals surface area contributed by atoms with Crippen molar-refractivity contribution in [3.63, 3.8) is 0 Å². The van der Waals surface area contributed by atoms with Crippen LogP contribution in [0.2, 0.25) is 17.5 Å². The fraction of sp³-hybridized carbons (Fsp3) is 1.00. The molecule has 1 aliphatic heterocycles. The first-order chi connectivity index (χ1) is 10.9. The third kappa shape index (κ3) is 4.24. The van der Waals surface area contributed by atoms with Crippen molar-refractivity contribution in [3.8, 4) is 0 Å². The lowest BCUT2D eigenvalue weighted by atomic mass is 9.33. The summed E-state index contributed by atoms with van der Waals surface area (Å²) < 4.78 is 8.40. The molecule has 1 saturated heterocycles. The molecule has 0 amide bonds. The zero-order valence-electron chi connectivity index (χ0n) is 18.5. The first-order valence-corrected chi connectivity index (χ1v) is 10.3. The second-order valence-corrected chi connectivity index (χ2v) is 9.60. The van der Waals surface area contributed by atoms with E-state index in [0.717, 1.165) is 0 Å². The monoisotopic (exact) mass is 333 g/mol. The van der Waals surface area contributed by atoms with Crippen molar-refractivity contribution in [1.82, 2.24) is 14.2 Å². The van der Waals surface area contributed by atoms with Crippen LogP contribution in [0.3, 0.4) is 0 Å². The summed E-state index contributed by atoms with van der Waals surface area (Å²) in [5, 5.41) is 0. The molecular formula is C18H42B3N3. The van der Waals surface area contributed by atoms with Crippen molar-refractivity contribution in [2.24, 2.45) is 0 Å². The molecule has 3 nitrogen and oxygen atoms in total. The molecule has 0 aromatic heterocycles. The maximum absolute atomic E-state index is 2.80.